The number of rotatable bonds is 1. The number of hydrogen-bond acceptors (Lipinski definition) is 5. The number of aliphatic hydroxyl groups excluding tert-OH is 1. The van der Waals surface area contributed by atoms with E-state index in [1.54, 1.807) is 0 Å². The van der Waals surface area contributed by atoms with Crippen LogP contribution in [0.4, 0.5) is 0 Å². The molecule has 0 amide bonds. The molecular weight excluding hydrogens is 284 g/mol. The Morgan fingerprint density at radius 1 is 1.41 bits per heavy atom. The number of esters is 2. The van der Waals surface area contributed by atoms with Crippen molar-refractivity contribution in [3.05, 3.63) is 0 Å². The number of ether oxygens (including phenoxy) is 2. The summed E-state index contributed by atoms with van der Waals surface area (Å²) in [6, 6.07) is 0. The molecular formula is C17H26O5. The molecule has 0 aromatic heterocycles. The van der Waals surface area contributed by atoms with Gasteiger partial charge in [0.15, 0.2) is 0 Å². The minimum absolute atomic E-state index is 0.0366. The molecule has 22 heavy (non-hydrogen) atoms. The predicted octanol–water partition coefficient (Wildman–Crippen LogP) is 1.91. The highest BCUT2D eigenvalue weighted by atomic mass is 16.6. The van der Waals surface area contributed by atoms with Gasteiger partial charge in [-0.2, -0.15) is 0 Å². The number of fused-ring (bicyclic) bond motifs is 3. The topological polar surface area (TPSA) is 72.8 Å². The summed E-state index contributed by atoms with van der Waals surface area (Å²) in [6.07, 6.45) is 1.55. The Bertz CT molecular complexity index is 489. The first-order chi connectivity index (χ1) is 10.2. The quantitative estimate of drug-likeness (QED) is 0.749. The van der Waals surface area contributed by atoms with Gasteiger partial charge in [-0.05, 0) is 32.1 Å². The highest BCUT2D eigenvalue weighted by Crippen LogP contribution is 2.55. The molecule has 124 valence electrons. The summed E-state index contributed by atoms with van der Waals surface area (Å²) < 4.78 is 11.4. The Hall–Kier alpha value is -1.10. The maximum Gasteiger partial charge on any atom is 0.309 e. The van der Waals surface area contributed by atoms with Crippen LogP contribution >= 0.6 is 0 Å². The molecule has 1 aliphatic heterocycles. The molecule has 0 aromatic carbocycles. The minimum Gasteiger partial charge on any atom is -0.462 e. The van der Waals surface area contributed by atoms with Crippen LogP contribution in [0.5, 0.6) is 0 Å². The van der Waals surface area contributed by atoms with Crippen LogP contribution in [0.1, 0.15) is 47.0 Å². The number of aliphatic hydroxyl groups is 1. The number of hydrogen-bond donors (Lipinski definition) is 1. The third-order valence-corrected chi connectivity index (χ3v) is 6.38. The van der Waals surface area contributed by atoms with Gasteiger partial charge in [-0.3, -0.25) is 9.59 Å². The van der Waals surface area contributed by atoms with Gasteiger partial charge < -0.3 is 14.6 Å². The van der Waals surface area contributed by atoms with Crippen LogP contribution in [0.2, 0.25) is 0 Å². The van der Waals surface area contributed by atoms with Gasteiger partial charge in [-0.1, -0.05) is 13.8 Å². The van der Waals surface area contributed by atoms with E-state index in [4.69, 9.17) is 9.47 Å². The van der Waals surface area contributed by atoms with E-state index in [0.29, 0.717) is 6.42 Å². The molecule has 1 heterocycles. The zero-order valence-corrected chi connectivity index (χ0v) is 13.7. The fourth-order valence-corrected chi connectivity index (χ4v) is 5.10. The van der Waals surface area contributed by atoms with Crippen LogP contribution in [0.25, 0.3) is 0 Å². The summed E-state index contributed by atoms with van der Waals surface area (Å²) in [5.74, 6) is -0.231. The smallest absolute Gasteiger partial charge is 0.309 e. The van der Waals surface area contributed by atoms with Crippen molar-refractivity contribution >= 4 is 11.9 Å². The molecule has 0 spiro atoms. The summed E-state index contributed by atoms with van der Waals surface area (Å²) in [7, 11) is 0. The van der Waals surface area contributed by atoms with Crippen LogP contribution in [0, 0.1) is 29.6 Å². The molecule has 0 radical (unpaired) electrons. The maximum absolute atomic E-state index is 12.0. The van der Waals surface area contributed by atoms with Gasteiger partial charge in [-0.15, -0.1) is 0 Å². The van der Waals surface area contributed by atoms with Crippen LogP contribution in [-0.4, -0.2) is 34.9 Å². The highest BCUT2D eigenvalue weighted by molar-refractivity contribution is 5.75. The van der Waals surface area contributed by atoms with E-state index in [2.05, 4.69) is 0 Å². The molecule has 8 unspecified atom stereocenters. The molecule has 3 fully saturated rings. The average molecular weight is 310 g/mol. The van der Waals surface area contributed by atoms with E-state index in [9.17, 15) is 14.7 Å². The number of carbonyl (C=O) groups excluding carboxylic acids is 2. The second-order valence-corrected chi connectivity index (χ2v) is 7.65. The first-order valence-corrected chi connectivity index (χ1v) is 8.32. The summed E-state index contributed by atoms with van der Waals surface area (Å²) in [5.41, 5.74) is -0.585. The second kappa shape index (κ2) is 5.22. The van der Waals surface area contributed by atoms with Gasteiger partial charge in [0.25, 0.3) is 0 Å². The Morgan fingerprint density at radius 3 is 2.73 bits per heavy atom. The van der Waals surface area contributed by atoms with Crippen LogP contribution in [0.3, 0.4) is 0 Å². The Labute approximate surface area is 131 Å². The first kappa shape index (κ1) is 15.8. The zero-order chi connectivity index (χ0) is 16.2. The SMILES string of the molecule is CC(=O)OC1(C)CCC2C(C)C(=O)OC2C2C(C)C(O)CC21. The third-order valence-electron chi connectivity index (χ3n) is 6.38. The molecule has 5 nitrogen and oxygen atoms in total. The molecule has 2 aliphatic carbocycles. The average Bonchev–Trinajstić information content (AvgIpc) is 2.82. The minimum atomic E-state index is -0.585. The number of carbonyl (C=O) groups is 2. The summed E-state index contributed by atoms with van der Waals surface area (Å²) in [6.45, 7) is 7.35. The van der Waals surface area contributed by atoms with Gasteiger partial charge in [-0.25, -0.2) is 0 Å². The van der Waals surface area contributed by atoms with E-state index in [0.717, 1.165) is 12.8 Å². The summed E-state index contributed by atoms with van der Waals surface area (Å²) >= 11 is 0. The Kier molecular flexibility index (Phi) is 3.75. The van der Waals surface area contributed by atoms with E-state index in [-0.39, 0.29) is 47.6 Å². The molecule has 5 heteroatoms. The lowest BCUT2D eigenvalue weighted by atomic mass is 9.75. The van der Waals surface area contributed by atoms with E-state index < -0.39 is 11.7 Å². The zero-order valence-electron chi connectivity index (χ0n) is 13.7. The Morgan fingerprint density at radius 2 is 2.09 bits per heavy atom. The fraction of sp³-hybridized carbons (Fsp3) is 0.882. The molecule has 3 rings (SSSR count). The van der Waals surface area contributed by atoms with Crippen LogP contribution in [-0.2, 0) is 19.1 Å². The largest absolute Gasteiger partial charge is 0.462 e. The van der Waals surface area contributed by atoms with E-state index >= 15 is 0 Å². The highest BCUT2D eigenvalue weighted by Gasteiger charge is 2.60. The van der Waals surface area contributed by atoms with Crippen molar-refractivity contribution < 1.29 is 24.2 Å². The van der Waals surface area contributed by atoms with Gasteiger partial charge in [0, 0.05) is 24.7 Å². The van der Waals surface area contributed by atoms with Gasteiger partial charge in [0.05, 0.1) is 12.0 Å². The monoisotopic (exact) mass is 310 g/mol. The molecule has 2 saturated carbocycles. The predicted molar refractivity (Wildman–Crippen MR) is 78.7 cm³/mol. The van der Waals surface area contributed by atoms with Crippen molar-refractivity contribution in [1.82, 2.24) is 0 Å². The molecule has 1 saturated heterocycles. The maximum atomic E-state index is 12.0. The first-order valence-electron chi connectivity index (χ1n) is 8.32. The molecule has 3 aliphatic rings. The van der Waals surface area contributed by atoms with E-state index in [1.165, 1.54) is 6.92 Å². The molecule has 0 bridgehead atoms. The van der Waals surface area contributed by atoms with Crippen molar-refractivity contribution in [3.8, 4) is 0 Å². The van der Waals surface area contributed by atoms with Crippen LogP contribution < -0.4 is 0 Å². The van der Waals surface area contributed by atoms with Gasteiger partial charge >= 0.3 is 11.9 Å². The lowest BCUT2D eigenvalue weighted by Gasteiger charge is -2.38. The van der Waals surface area contributed by atoms with Gasteiger partial charge in [0.1, 0.15) is 11.7 Å². The lowest BCUT2D eigenvalue weighted by molar-refractivity contribution is -0.167. The van der Waals surface area contributed by atoms with E-state index in [1.807, 2.05) is 20.8 Å². The fourth-order valence-electron chi connectivity index (χ4n) is 5.10. The molecule has 0 aromatic rings. The Balaban J connectivity index is 1.98. The summed E-state index contributed by atoms with van der Waals surface area (Å²) in [4.78, 5) is 23.6. The normalized spacial score (nSPS) is 50.8. The van der Waals surface area contributed by atoms with Crippen LogP contribution in [0.15, 0.2) is 0 Å². The second-order valence-electron chi connectivity index (χ2n) is 7.65. The van der Waals surface area contributed by atoms with Crippen molar-refractivity contribution in [2.75, 3.05) is 0 Å². The van der Waals surface area contributed by atoms with Crippen molar-refractivity contribution in [2.24, 2.45) is 29.6 Å². The van der Waals surface area contributed by atoms with Crippen molar-refractivity contribution in [2.45, 2.75) is 64.8 Å². The standard InChI is InChI=1S/C17H26O5/c1-8-11-5-6-17(4,22-10(3)18)12-7-13(19)9(2)14(12)15(11)21-16(8)20/h8-9,11-15,19H,5-7H2,1-4H3. The molecule has 8 atom stereocenters. The van der Waals surface area contributed by atoms with Crippen molar-refractivity contribution in [1.29, 1.82) is 0 Å². The summed E-state index contributed by atoms with van der Waals surface area (Å²) in [5, 5.41) is 10.4. The van der Waals surface area contributed by atoms with Gasteiger partial charge in [0.2, 0.25) is 0 Å². The third kappa shape index (κ3) is 2.25. The lowest BCUT2D eigenvalue weighted by Crippen LogP contribution is -2.43. The molecule has 1 N–H and O–H groups in total. The van der Waals surface area contributed by atoms with Crippen molar-refractivity contribution in [3.63, 3.8) is 0 Å².